The molecule has 1 amide bonds. The topological polar surface area (TPSA) is 73.2 Å². The highest BCUT2D eigenvalue weighted by molar-refractivity contribution is 7.21. The summed E-state index contributed by atoms with van der Waals surface area (Å²) < 4.78 is 7.19. The lowest BCUT2D eigenvalue weighted by Crippen LogP contribution is -2.27. The Labute approximate surface area is 176 Å². The van der Waals surface area contributed by atoms with Gasteiger partial charge in [-0.05, 0) is 38.5 Å². The highest BCUT2D eigenvalue weighted by Crippen LogP contribution is 2.37. The average molecular weight is 440 g/mol. The second kappa shape index (κ2) is 8.11. The summed E-state index contributed by atoms with van der Waals surface area (Å²) in [6, 6.07) is 4.83. The van der Waals surface area contributed by atoms with Crippen molar-refractivity contribution in [1.29, 1.82) is 0 Å². The van der Waals surface area contributed by atoms with Crippen LogP contribution in [0.15, 0.2) is 18.2 Å². The average Bonchev–Trinajstić information content (AvgIpc) is 3.13. The molecular weight excluding hydrogens is 421 g/mol. The standard InChI is InChI=1S/C19H19Cl2N3O3S/c1-5-13(24-10(3)15(20)9(2)23-24)18(25)22-11-6-7-12-14(8-11)28-17(16(12)21)19(26)27-4/h6-8,13H,5H2,1-4H3,(H,22,25)/t13-/m1/s1. The number of carbonyl (C=O) groups is 2. The van der Waals surface area contributed by atoms with Crippen LogP contribution >= 0.6 is 34.5 Å². The molecule has 0 saturated heterocycles. The Kier molecular flexibility index (Phi) is 5.98. The van der Waals surface area contributed by atoms with E-state index in [1.165, 1.54) is 18.4 Å². The van der Waals surface area contributed by atoms with E-state index in [4.69, 9.17) is 27.9 Å². The summed E-state index contributed by atoms with van der Waals surface area (Å²) >= 11 is 13.7. The van der Waals surface area contributed by atoms with Crippen molar-refractivity contribution in [2.45, 2.75) is 33.2 Å². The molecule has 2 heterocycles. The van der Waals surface area contributed by atoms with Crippen LogP contribution in [0.5, 0.6) is 0 Å². The molecule has 2 aromatic heterocycles. The van der Waals surface area contributed by atoms with Crippen molar-refractivity contribution >= 4 is 62.2 Å². The van der Waals surface area contributed by atoms with E-state index in [-0.39, 0.29) is 5.91 Å². The number of fused-ring (bicyclic) bond motifs is 1. The van der Waals surface area contributed by atoms with Crippen LogP contribution in [0.1, 0.15) is 40.4 Å². The molecular formula is C19H19Cl2N3O3S. The van der Waals surface area contributed by atoms with Crippen molar-refractivity contribution in [3.8, 4) is 0 Å². The Balaban J connectivity index is 1.89. The number of thiophene rings is 1. The van der Waals surface area contributed by atoms with Crippen LogP contribution in [0.3, 0.4) is 0 Å². The Morgan fingerprint density at radius 1 is 1.29 bits per heavy atom. The first-order valence-electron chi connectivity index (χ1n) is 8.60. The normalized spacial score (nSPS) is 12.2. The first kappa shape index (κ1) is 20.6. The number of hydrogen-bond donors (Lipinski definition) is 1. The number of anilines is 1. The molecule has 0 unspecified atom stereocenters. The first-order chi connectivity index (χ1) is 13.3. The van der Waals surface area contributed by atoms with Gasteiger partial charge < -0.3 is 10.1 Å². The molecule has 0 saturated carbocycles. The number of benzene rings is 1. The van der Waals surface area contributed by atoms with Gasteiger partial charge in [0.2, 0.25) is 5.91 Å². The molecule has 0 radical (unpaired) electrons. The zero-order chi connectivity index (χ0) is 20.6. The fourth-order valence-electron chi connectivity index (χ4n) is 3.01. The number of esters is 1. The molecule has 0 bridgehead atoms. The quantitative estimate of drug-likeness (QED) is 0.540. The number of hydrogen-bond acceptors (Lipinski definition) is 5. The first-order valence-corrected chi connectivity index (χ1v) is 10.2. The van der Waals surface area contributed by atoms with Gasteiger partial charge in [0, 0.05) is 15.8 Å². The van der Waals surface area contributed by atoms with E-state index in [1.54, 1.807) is 22.9 Å². The smallest absolute Gasteiger partial charge is 0.349 e. The molecule has 1 atom stereocenters. The van der Waals surface area contributed by atoms with Crippen molar-refractivity contribution in [2.75, 3.05) is 12.4 Å². The molecule has 28 heavy (non-hydrogen) atoms. The Hall–Kier alpha value is -2.09. The van der Waals surface area contributed by atoms with Gasteiger partial charge >= 0.3 is 5.97 Å². The van der Waals surface area contributed by atoms with Crippen LogP contribution < -0.4 is 5.32 Å². The molecule has 148 valence electrons. The van der Waals surface area contributed by atoms with Crippen molar-refractivity contribution in [2.24, 2.45) is 0 Å². The summed E-state index contributed by atoms with van der Waals surface area (Å²) in [5, 5.41) is 8.97. The van der Waals surface area contributed by atoms with Gasteiger partial charge in [0.05, 0.1) is 28.5 Å². The fourth-order valence-corrected chi connectivity index (χ4v) is 4.60. The third-order valence-corrected chi connectivity index (χ3v) is 6.67. The summed E-state index contributed by atoms with van der Waals surface area (Å²) in [4.78, 5) is 25.0. The van der Waals surface area contributed by atoms with Crippen molar-refractivity contribution < 1.29 is 14.3 Å². The van der Waals surface area contributed by atoms with Crippen LogP contribution in [0.25, 0.3) is 10.1 Å². The van der Waals surface area contributed by atoms with Crippen LogP contribution in [-0.2, 0) is 9.53 Å². The monoisotopic (exact) mass is 439 g/mol. The molecule has 0 aliphatic rings. The molecule has 0 fully saturated rings. The molecule has 1 N–H and O–H groups in total. The zero-order valence-electron chi connectivity index (χ0n) is 15.8. The Morgan fingerprint density at radius 2 is 2.00 bits per heavy atom. The van der Waals surface area contributed by atoms with Crippen molar-refractivity contribution in [1.82, 2.24) is 9.78 Å². The predicted octanol–water partition coefficient (Wildman–Crippen LogP) is 5.40. The van der Waals surface area contributed by atoms with Gasteiger partial charge in [-0.25, -0.2) is 4.79 Å². The van der Waals surface area contributed by atoms with Gasteiger partial charge in [0.15, 0.2) is 0 Å². The SMILES string of the molecule is CC[C@H](C(=O)Nc1ccc2c(Cl)c(C(=O)OC)sc2c1)n1nc(C)c(Cl)c1C. The maximum Gasteiger partial charge on any atom is 0.349 e. The highest BCUT2D eigenvalue weighted by Gasteiger charge is 2.24. The lowest BCUT2D eigenvalue weighted by Gasteiger charge is -2.17. The van der Waals surface area contributed by atoms with E-state index < -0.39 is 12.0 Å². The number of aryl methyl sites for hydroxylation is 1. The number of nitrogens with one attached hydrogen (secondary N) is 1. The minimum absolute atomic E-state index is 0.194. The number of ether oxygens (including phenoxy) is 1. The Morgan fingerprint density at radius 3 is 2.57 bits per heavy atom. The van der Waals surface area contributed by atoms with Crippen LogP contribution in [0, 0.1) is 13.8 Å². The van der Waals surface area contributed by atoms with Crippen LogP contribution in [-0.4, -0.2) is 28.8 Å². The maximum atomic E-state index is 12.9. The summed E-state index contributed by atoms with van der Waals surface area (Å²) in [7, 11) is 1.31. The second-order valence-electron chi connectivity index (χ2n) is 6.29. The molecule has 3 aromatic rings. The third-order valence-electron chi connectivity index (χ3n) is 4.49. The molecule has 9 heteroatoms. The number of methoxy groups -OCH3 is 1. The van der Waals surface area contributed by atoms with Crippen molar-refractivity contribution in [3.63, 3.8) is 0 Å². The number of nitrogens with zero attached hydrogens (tertiary/aromatic N) is 2. The number of rotatable bonds is 5. The van der Waals surface area contributed by atoms with E-state index >= 15 is 0 Å². The van der Waals surface area contributed by atoms with E-state index in [0.29, 0.717) is 32.7 Å². The fraction of sp³-hybridized carbons (Fsp3) is 0.316. The van der Waals surface area contributed by atoms with Gasteiger partial charge in [-0.1, -0.05) is 30.1 Å². The molecule has 6 nitrogen and oxygen atoms in total. The summed E-state index contributed by atoms with van der Waals surface area (Å²) in [6.45, 7) is 5.57. The van der Waals surface area contributed by atoms with E-state index in [2.05, 4.69) is 10.4 Å². The molecule has 1 aromatic carbocycles. The van der Waals surface area contributed by atoms with Gasteiger partial charge in [-0.3, -0.25) is 9.48 Å². The largest absolute Gasteiger partial charge is 0.465 e. The van der Waals surface area contributed by atoms with Crippen molar-refractivity contribution in [3.05, 3.63) is 44.5 Å². The van der Waals surface area contributed by atoms with Gasteiger partial charge in [0.1, 0.15) is 10.9 Å². The number of halogens is 2. The summed E-state index contributed by atoms with van der Waals surface area (Å²) in [5.74, 6) is -0.677. The highest BCUT2D eigenvalue weighted by atomic mass is 35.5. The summed E-state index contributed by atoms with van der Waals surface area (Å²) in [6.07, 6.45) is 0.559. The lowest BCUT2D eigenvalue weighted by atomic mass is 10.2. The predicted molar refractivity (Wildman–Crippen MR) is 113 cm³/mol. The van der Waals surface area contributed by atoms with Gasteiger partial charge in [0.25, 0.3) is 0 Å². The van der Waals surface area contributed by atoms with Crippen LogP contribution in [0.2, 0.25) is 10.0 Å². The molecule has 0 aliphatic carbocycles. The minimum atomic E-state index is -0.487. The minimum Gasteiger partial charge on any atom is -0.465 e. The third kappa shape index (κ3) is 3.62. The Bertz CT molecular complexity index is 1070. The molecule has 3 rings (SSSR count). The number of aromatic nitrogens is 2. The van der Waals surface area contributed by atoms with Gasteiger partial charge in [-0.15, -0.1) is 11.3 Å². The summed E-state index contributed by atoms with van der Waals surface area (Å²) in [5.41, 5.74) is 2.05. The second-order valence-corrected chi connectivity index (χ2v) is 8.10. The van der Waals surface area contributed by atoms with Crippen LogP contribution in [0.4, 0.5) is 5.69 Å². The molecule has 0 spiro atoms. The number of carbonyl (C=O) groups excluding carboxylic acids is 2. The zero-order valence-corrected chi connectivity index (χ0v) is 18.1. The maximum absolute atomic E-state index is 12.9. The van der Waals surface area contributed by atoms with Gasteiger partial charge in [-0.2, -0.15) is 5.10 Å². The van der Waals surface area contributed by atoms with E-state index in [9.17, 15) is 9.59 Å². The number of amides is 1. The lowest BCUT2D eigenvalue weighted by molar-refractivity contribution is -0.119. The van der Waals surface area contributed by atoms with E-state index in [0.717, 1.165) is 15.8 Å². The molecule has 0 aliphatic heterocycles. The van der Waals surface area contributed by atoms with E-state index in [1.807, 2.05) is 20.8 Å².